The first-order chi connectivity index (χ1) is 13.5. The van der Waals surface area contributed by atoms with E-state index in [1.54, 1.807) is 7.11 Å². The zero-order valence-electron chi connectivity index (χ0n) is 15.9. The molecule has 3 aliphatic rings. The Bertz CT molecular complexity index is 987. The van der Waals surface area contributed by atoms with E-state index in [0.717, 1.165) is 24.0 Å². The van der Waals surface area contributed by atoms with Gasteiger partial charge in [-0.1, -0.05) is 18.2 Å². The first-order valence-corrected chi connectivity index (χ1v) is 9.33. The van der Waals surface area contributed by atoms with E-state index in [0.29, 0.717) is 11.3 Å². The highest BCUT2D eigenvalue weighted by Crippen LogP contribution is 2.58. The van der Waals surface area contributed by atoms with E-state index in [9.17, 15) is 15.8 Å². The summed E-state index contributed by atoms with van der Waals surface area (Å²) < 4.78 is 5.26. The van der Waals surface area contributed by atoms with Crippen molar-refractivity contribution in [2.75, 3.05) is 14.2 Å². The molecule has 1 fully saturated rings. The Hall–Kier alpha value is -3.27. The average molecular weight is 371 g/mol. The third kappa shape index (κ3) is 2.21. The second-order valence-electron chi connectivity index (χ2n) is 7.71. The monoisotopic (exact) mass is 371 g/mol. The lowest BCUT2D eigenvalue weighted by Crippen LogP contribution is -2.51. The van der Waals surface area contributed by atoms with Gasteiger partial charge < -0.3 is 10.5 Å². The quantitative estimate of drug-likeness (QED) is 0.855. The largest absolute Gasteiger partial charge is 0.497 e. The van der Waals surface area contributed by atoms with E-state index < -0.39 is 11.3 Å². The minimum atomic E-state index is -1.59. The summed E-state index contributed by atoms with van der Waals surface area (Å²) in [6.07, 6.45) is 4.08. The zero-order chi connectivity index (χ0) is 20.1. The van der Waals surface area contributed by atoms with Crippen LogP contribution in [0.2, 0.25) is 0 Å². The van der Waals surface area contributed by atoms with Crippen molar-refractivity contribution in [2.24, 2.45) is 17.1 Å². The van der Waals surface area contributed by atoms with Gasteiger partial charge in [-0.05, 0) is 43.2 Å². The Kier molecular flexibility index (Phi) is 4.15. The van der Waals surface area contributed by atoms with E-state index in [2.05, 4.69) is 36.2 Å². The zero-order valence-corrected chi connectivity index (χ0v) is 15.9. The summed E-state index contributed by atoms with van der Waals surface area (Å²) in [6, 6.07) is 14.5. The number of allylic oxidation sites excluding steroid dienone is 2. The number of fused-ring (bicyclic) bond motifs is 4. The first-order valence-electron chi connectivity index (χ1n) is 9.33. The van der Waals surface area contributed by atoms with Gasteiger partial charge in [-0.3, -0.25) is 4.90 Å². The number of methoxy groups -OCH3 is 1. The fourth-order valence-electron chi connectivity index (χ4n) is 5.27. The number of nitrogens with two attached hydrogens (primary N) is 1. The molecule has 0 saturated carbocycles. The summed E-state index contributed by atoms with van der Waals surface area (Å²) in [5.41, 5.74) is 6.91. The van der Waals surface area contributed by atoms with Crippen LogP contribution >= 0.6 is 0 Å². The van der Waals surface area contributed by atoms with Crippen molar-refractivity contribution >= 4 is 0 Å². The topological polar surface area (TPSA) is 110 Å². The number of ether oxygens (including phenoxy) is 1. The van der Waals surface area contributed by atoms with Crippen LogP contribution in [0.1, 0.15) is 24.3 Å². The minimum absolute atomic E-state index is 0.0762. The van der Waals surface area contributed by atoms with Crippen LogP contribution in [0.3, 0.4) is 0 Å². The first kappa shape index (κ1) is 18.1. The molecule has 1 aromatic rings. The molecular weight excluding hydrogens is 350 g/mol. The third-order valence-corrected chi connectivity index (χ3v) is 6.70. The van der Waals surface area contributed by atoms with Crippen LogP contribution in [0.4, 0.5) is 0 Å². The van der Waals surface area contributed by atoms with Gasteiger partial charge in [-0.25, -0.2) is 0 Å². The predicted octanol–water partition coefficient (Wildman–Crippen LogP) is 2.58. The number of nitriles is 3. The van der Waals surface area contributed by atoms with Crippen LogP contribution in [-0.4, -0.2) is 31.1 Å². The SMILES string of the molecule is COc1ccc([C@H]2[C@@H]3C(=C[C@@H]4CC[C@H]3N4C)C(C#N)=C(N)C2(C#N)C#N)cc1. The van der Waals surface area contributed by atoms with Crippen molar-refractivity contribution < 1.29 is 4.74 Å². The van der Waals surface area contributed by atoms with Crippen LogP contribution in [-0.2, 0) is 0 Å². The standard InChI is InChI=1S/C22H21N5O/c1-27-14-5-8-18(27)19-16(9-14)17(10-23)21(26)22(11-24,12-25)20(19)13-3-6-15(28-2)7-4-13/h3-4,6-7,9,14,18-20H,5,8,26H2,1-2H3/t14-,18+,19+,20-/m0/s1. The Morgan fingerprint density at radius 3 is 2.39 bits per heavy atom. The van der Waals surface area contributed by atoms with Gasteiger partial charge in [0.25, 0.3) is 0 Å². The minimum Gasteiger partial charge on any atom is -0.497 e. The molecule has 1 aliphatic carbocycles. The van der Waals surface area contributed by atoms with Crippen molar-refractivity contribution in [1.29, 1.82) is 15.8 Å². The van der Waals surface area contributed by atoms with Gasteiger partial charge in [0, 0.05) is 23.9 Å². The van der Waals surface area contributed by atoms with Crippen molar-refractivity contribution in [3.63, 3.8) is 0 Å². The maximum atomic E-state index is 10.1. The summed E-state index contributed by atoms with van der Waals surface area (Å²) in [4.78, 5) is 2.31. The normalized spacial score (nSPS) is 30.5. The maximum Gasteiger partial charge on any atom is 0.191 e. The highest BCUT2D eigenvalue weighted by atomic mass is 16.5. The molecule has 0 amide bonds. The van der Waals surface area contributed by atoms with Gasteiger partial charge in [-0.15, -0.1) is 0 Å². The predicted molar refractivity (Wildman–Crippen MR) is 102 cm³/mol. The third-order valence-electron chi connectivity index (χ3n) is 6.70. The highest BCUT2D eigenvalue weighted by Gasteiger charge is 2.58. The molecule has 4 rings (SSSR count). The van der Waals surface area contributed by atoms with Gasteiger partial charge in [0.05, 0.1) is 30.5 Å². The number of nitrogens with zero attached hydrogens (tertiary/aromatic N) is 4. The molecule has 2 N–H and O–H groups in total. The number of benzene rings is 1. The van der Waals surface area contributed by atoms with E-state index in [-0.39, 0.29) is 23.7 Å². The second-order valence-corrected chi connectivity index (χ2v) is 7.71. The summed E-state index contributed by atoms with van der Waals surface area (Å²) >= 11 is 0. The van der Waals surface area contributed by atoms with Crippen molar-refractivity contribution in [2.45, 2.75) is 30.8 Å². The van der Waals surface area contributed by atoms with E-state index in [1.165, 1.54) is 0 Å². The summed E-state index contributed by atoms with van der Waals surface area (Å²) in [5.74, 6) is 0.111. The molecular formula is C22H21N5O. The smallest absolute Gasteiger partial charge is 0.191 e. The lowest BCUT2D eigenvalue weighted by molar-refractivity contribution is 0.160. The average Bonchev–Trinajstić information content (AvgIpc) is 2.96. The maximum absolute atomic E-state index is 10.1. The van der Waals surface area contributed by atoms with Crippen LogP contribution in [0.25, 0.3) is 0 Å². The fraction of sp³-hybridized carbons (Fsp3) is 0.409. The molecule has 6 nitrogen and oxygen atoms in total. The molecule has 140 valence electrons. The van der Waals surface area contributed by atoms with E-state index in [4.69, 9.17) is 10.5 Å². The Balaban J connectivity index is 2.01. The molecule has 0 aromatic heterocycles. The molecule has 1 aromatic carbocycles. The molecule has 28 heavy (non-hydrogen) atoms. The van der Waals surface area contributed by atoms with Gasteiger partial charge in [-0.2, -0.15) is 15.8 Å². The van der Waals surface area contributed by atoms with Gasteiger partial charge in [0.2, 0.25) is 0 Å². The molecule has 6 heteroatoms. The molecule has 0 unspecified atom stereocenters. The summed E-state index contributed by atoms with van der Waals surface area (Å²) in [5, 5.41) is 30.1. The molecule has 2 bridgehead atoms. The van der Waals surface area contributed by atoms with Crippen LogP contribution in [0.5, 0.6) is 5.75 Å². The molecule has 2 heterocycles. The van der Waals surface area contributed by atoms with E-state index >= 15 is 0 Å². The number of hydrogen-bond donors (Lipinski definition) is 1. The second kappa shape index (κ2) is 6.41. The van der Waals surface area contributed by atoms with Crippen LogP contribution in [0, 0.1) is 45.3 Å². The Morgan fingerprint density at radius 2 is 1.82 bits per heavy atom. The van der Waals surface area contributed by atoms with Crippen molar-refractivity contribution in [1.82, 2.24) is 4.90 Å². The number of hydrogen-bond acceptors (Lipinski definition) is 6. The van der Waals surface area contributed by atoms with Gasteiger partial charge >= 0.3 is 0 Å². The highest BCUT2D eigenvalue weighted by molar-refractivity contribution is 5.60. The fourth-order valence-corrected chi connectivity index (χ4v) is 5.27. The lowest BCUT2D eigenvalue weighted by atomic mass is 9.56. The molecule has 0 radical (unpaired) electrons. The molecule has 4 atom stereocenters. The molecule has 1 saturated heterocycles. The Labute approximate surface area is 164 Å². The summed E-state index contributed by atoms with van der Waals surface area (Å²) in [7, 11) is 3.68. The van der Waals surface area contributed by atoms with Crippen LogP contribution in [0.15, 0.2) is 47.2 Å². The number of rotatable bonds is 2. The Morgan fingerprint density at radius 1 is 1.14 bits per heavy atom. The van der Waals surface area contributed by atoms with Gasteiger partial charge in [0.1, 0.15) is 11.8 Å². The molecule has 2 aliphatic heterocycles. The summed E-state index contributed by atoms with van der Waals surface area (Å²) in [6.45, 7) is 0. The lowest BCUT2D eigenvalue weighted by Gasteiger charge is -2.48. The van der Waals surface area contributed by atoms with Crippen molar-refractivity contribution in [3.8, 4) is 24.0 Å². The van der Waals surface area contributed by atoms with Crippen molar-refractivity contribution in [3.05, 3.63) is 52.7 Å². The van der Waals surface area contributed by atoms with Gasteiger partial charge in [0.15, 0.2) is 5.41 Å². The number of likely N-dealkylation sites (N-methyl/N-ethyl adjacent to an activating group) is 1. The van der Waals surface area contributed by atoms with E-state index in [1.807, 2.05) is 24.3 Å². The van der Waals surface area contributed by atoms with Crippen LogP contribution < -0.4 is 10.5 Å². The molecule has 0 spiro atoms.